The van der Waals surface area contributed by atoms with Gasteiger partial charge in [-0.2, -0.15) is 0 Å². The summed E-state index contributed by atoms with van der Waals surface area (Å²) < 4.78 is 0. The highest BCUT2D eigenvalue weighted by atomic mass is 35.5. The van der Waals surface area contributed by atoms with Gasteiger partial charge in [-0.25, -0.2) is 0 Å². The third-order valence-electron chi connectivity index (χ3n) is 3.04. The molecule has 0 saturated heterocycles. The van der Waals surface area contributed by atoms with Crippen molar-refractivity contribution in [1.29, 1.82) is 0 Å². The highest BCUT2D eigenvalue weighted by molar-refractivity contribution is 6.31. The van der Waals surface area contributed by atoms with Crippen molar-refractivity contribution >= 4 is 11.6 Å². The highest BCUT2D eigenvalue weighted by Crippen LogP contribution is 2.19. The Hall–Kier alpha value is -0.570. The second-order valence-corrected chi connectivity index (χ2v) is 5.77. The lowest BCUT2D eigenvalue weighted by Crippen LogP contribution is -2.31. The van der Waals surface area contributed by atoms with Crippen LogP contribution >= 0.6 is 11.6 Å². The fourth-order valence-electron chi connectivity index (χ4n) is 1.85. The largest absolute Gasteiger partial charge is 0.315 e. The number of halogens is 1. The summed E-state index contributed by atoms with van der Waals surface area (Å²) in [4.78, 5) is 2.33. The molecule has 0 aliphatic heterocycles. The third-order valence-corrected chi connectivity index (χ3v) is 3.45. The van der Waals surface area contributed by atoms with Crippen LogP contribution in [0.3, 0.4) is 0 Å². The maximum atomic E-state index is 6.13. The molecule has 2 nitrogen and oxygen atoms in total. The second kappa shape index (κ2) is 7.78. The van der Waals surface area contributed by atoms with Gasteiger partial charge in [0.25, 0.3) is 0 Å². The van der Waals surface area contributed by atoms with Crippen LogP contribution in [-0.4, -0.2) is 31.6 Å². The SMILES string of the molecule is Cc1c(Cl)cccc1CN(C)CCNCC(C)C. The van der Waals surface area contributed by atoms with Crippen molar-refractivity contribution in [2.24, 2.45) is 5.92 Å². The molecule has 1 rings (SSSR count). The van der Waals surface area contributed by atoms with Crippen LogP contribution in [0.2, 0.25) is 5.02 Å². The zero-order valence-corrected chi connectivity index (χ0v) is 12.7. The van der Waals surface area contributed by atoms with E-state index in [-0.39, 0.29) is 0 Å². The van der Waals surface area contributed by atoms with E-state index in [1.807, 2.05) is 12.1 Å². The molecule has 0 saturated carbocycles. The van der Waals surface area contributed by atoms with Gasteiger partial charge in [0.2, 0.25) is 0 Å². The molecule has 0 unspecified atom stereocenters. The van der Waals surface area contributed by atoms with Crippen LogP contribution in [0.4, 0.5) is 0 Å². The van der Waals surface area contributed by atoms with Crippen molar-refractivity contribution in [3.05, 3.63) is 34.3 Å². The zero-order chi connectivity index (χ0) is 13.5. The van der Waals surface area contributed by atoms with Crippen molar-refractivity contribution in [3.8, 4) is 0 Å². The van der Waals surface area contributed by atoms with Gasteiger partial charge < -0.3 is 10.2 Å². The first-order valence-corrected chi connectivity index (χ1v) is 7.01. The summed E-state index contributed by atoms with van der Waals surface area (Å²) in [7, 11) is 2.15. The Bertz CT molecular complexity index is 364. The van der Waals surface area contributed by atoms with Crippen LogP contribution in [0, 0.1) is 12.8 Å². The van der Waals surface area contributed by atoms with Crippen molar-refractivity contribution in [3.63, 3.8) is 0 Å². The van der Waals surface area contributed by atoms with Gasteiger partial charge >= 0.3 is 0 Å². The van der Waals surface area contributed by atoms with Gasteiger partial charge in [0.1, 0.15) is 0 Å². The van der Waals surface area contributed by atoms with E-state index >= 15 is 0 Å². The van der Waals surface area contributed by atoms with Crippen molar-refractivity contribution in [2.75, 3.05) is 26.7 Å². The molecular weight excluding hydrogens is 244 g/mol. The fraction of sp³-hybridized carbons (Fsp3) is 0.600. The molecule has 102 valence electrons. The number of likely N-dealkylation sites (N-methyl/N-ethyl adjacent to an activating group) is 1. The van der Waals surface area contributed by atoms with Crippen molar-refractivity contribution < 1.29 is 0 Å². The zero-order valence-electron chi connectivity index (χ0n) is 12.0. The second-order valence-electron chi connectivity index (χ2n) is 5.36. The number of rotatable bonds is 7. The molecule has 0 fully saturated rings. The molecule has 0 bridgehead atoms. The summed E-state index contributed by atoms with van der Waals surface area (Å²) in [5.41, 5.74) is 2.51. The van der Waals surface area contributed by atoms with E-state index in [4.69, 9.17) is 11.6 Å². The molecule has 0 spiro atoms. The van der Waals surface area contributed by atoms with Gasteiger partial charge in [0.15, 0.2) is 0 Å². The number of nitrogens with zero attached hydrogens (tertiary/aromatic N) is 1. The molecule has 1 aromatic rings. The molecule has 18 heavy (non-hydrogen) atoms. The van der Waals surface area contributed by atoms with Crippen LogP contribution in [0.15, 0.2) is 18.2 Å². The maximum Gasteiger partial charge on any atom is 0.0438 e. The van der Waals surface area contributed by atoms with Crippen LogP contribution in [-0.2, 0) is 6.54 Å². The Morgan fingerprint density at radius 2 is 2.06 bits per heavy atom. The monoisotopic (exact) mass is 268 g/mol. The van der Waals surface area contributed by atoms with Gasteiger partial charge in [-0.1, -0.05) is 37.6 Å². The van der Waals surface area contributed by atoms with E-state index in [9.17, 15) is 0 Å². The average molecular weight is 269 g/mol. The van der Waals surface area contributed by atoms with E-state index in [1.165, 1.54) is 11.1 Å². The Labute approximate surface area is 116 Å². The summed E-state index contributed by atoms with van der Waals surface area (Å²) in [5, 5.41) is 4.32. The van der Waals surface area contributed by atoms with Crippen LogP contribution in [0.1, 0.15) is 25.0 Å². The summed E-state index contributed by atoms with van der Waals surface area (Å²) >= 11 is 6.13. The van der Waals surface area contributed by atoms with Gasteiger partial charge in [-0.3, -0.25) is 0 Å². The van der Waals surface area contributed by atoms with Gasteiger partial charge in [-0.15, -0.1) is 0 Å². The minimum Gasteiger partial charge on any atom is -0.315 e. The molecule has 1 aromatic carbocycles. The number of hydrogen-bond donors (Lipinski definition) is 1. The van der Waals surface area contributed by atoms with Gasteiger partial charge in [0.05, 0.1) is 0 Å². The predicted octanol–water partition coefficient (Wildman–Crippen LogP) is 3.33. The van der Waals surface area contributed by atoms with Crippen LogP contribution in [0.5, 0.6) is 0 Å². The molecule has 0 radical (unpaired) electrons. The Balaban J connectivity index is 2.35. The molecule has 0 aliphatic rings. The maximum absolute atomic E-state index is 6.13. The number of nitrogens with one attached hydrogen (secondary N) is 1. The van der Waals surface area contributed by atoms with E-state index in [0.717, 1.165) is 31.2 Å². The molecule has 0 atom stereocenters. The van der Waals surface area contributed by atoms with Crippen molar-refractivity contribution in [2.45, 2.75) is 27.3 Å². The minimum absolute atomic E-state index is 0.713. The first-order valence-electron chi connectivity index (χ1n) is 6.64. The predicted molar refractivity (Wildman–Crippen MR) is 80.2 cm³/mol. The fourth-order valence-corrected chi connectivity index (χ4v) is 2.05. The van der Waals surface area contributed by atoms with Gasteiger partial charge in [0, 0.05) is 24.7 Å². The third kappa shape index (κ3) is 5.38. The number of hydrogen-bond acceptors (Lipinski definition) is 2. The normalized spacial score (nSPS) is 11.5. The van der Waals surface area contributed by atoms with Crippen LogP contribution in [0.25, 0.3) is 0 Å². The molecule has 0 heterocycles. The van der Waals surface area contributed by atoms with E-state index in [2.05, 4.69) is 44.1 Å². The summed E-state index contributed by atoms with van der Waals surface area (Å²) in [6, 6.07) is 6.12. The lowest BCUT2D eigenvalue weighted by Gasteiger charge is -2.19. The molecule has 0 aromatic heterocycles. The standard InChI is InChI=1S/C15H25ClN2/c1-12(2)10-17-8-9-18(4)11-14-6-5-7-15(16)13(14)3/h5-7,12,17H,8-11H2,1-4H3. The summed E-state index contributed by atoms with van der Waals surface area (Å²) in [5.74, 6) is 0.713. The average Bonchev–Trinajstić information content (AvgIpc) is 2.30. The Morgan fingerprint density at radius 1 is 1.33 bits per heavy atom. The smallest absolute Gasteiger partial charge is 0.0438 e. The van der Waals surface area contributed by atoms with E-state index < -0.39 is 0 Å². The summed E-state index contributed by atoms with van der Waals surface area (Å²) in [6.45, 7) is 10.7. The number of benzene rings is 1. The van der Waals surface area contributed by atoms with Crippen LogP contribution < -0.4 is 5.32 Å². The first-order chi connectivity index (χ1) is 8.50. The molecule has 0 amide bonds. The topological polar surface area (TPSA) is 15.3 Å². The Morgan fingerprint density at radius 3 is 2.72 bits per heavy atom. The van der Waals surface area contributed by atoms with Gasteiger partial charge in [-0.05, 0) is 43.6 Å². The minimum atomic E-state index is 0.713. The Kier molecular flexibility index (Phi) is 6.69. The molecule has 0 aliphatic carbocycles. The molecule has 3 heteroatoms. The van der Waals surface area contributed by atoms with Crippen molar-refractivity contribution in [1.82, 2.24) is 10.2 Å². The molecular formula is C15H25ClN2. The lowest BCUT2D eigenvalue weighted by atomic mass is 10.1. The lowest BCUT2D eigenvalue weighted by molar-refractivity contribution is 0.321. The highest BCUT2D eigenvalue weighted by Gasteiger charge is 2.05. The summed E-state index contributed by atoms with van der Waals surface area (Å²) in [6.07, 6.45) is 0. The van der Waals surface area contributed by atoms with E-state index in [0.29, 0.717) is 5.92 Å². The quantitative estimate of drug-likeness (QED) is 0.763. The molecule has 1 N–H and O–H groups in total. The first kappa shape index (κ1) is 15.5. The van der Waals surface area contributed by atoms with E-state index in [1.54, 1.807) is 0 Å².